The van der Waals surface area contributed by atoms with Gasteiger partial charge in [-0.2, -0.15) is 0 Å². The molecule has 5 rings (SSSR count). The number of aliphatic hydroxyl groups excluding tert-OH is 1. The second-order valence-corrected chi connectivity index (χ2v) is 6.59. The first-order valence-corrected chi connectivity index (χ1v) is 7.57. The van der Waals surface area contributed by atoms with Crippen molar-refractivity contribution in [2.75, 3.05) is 13.3 Å². The van der Waals surface area contributed by atoms with Crippen LogP contribution in [0.2, 0.25) is 0 Å². The fraction of sp³-hybridized carbons (Fsp3) is 0.562. The van der Waals surface area contributed by atoms with Gasteiger partial charge in [0.25, 0.3) is 0 Å². The Morgan fingerprint density at radius 3 is 2.95 bits per heavy atom. The normalized spacial score (nSPS) is 39.1. The van der Waals surface area contributed by atoms with E-state index < -0.39 is 11.5 Å². The van der Waals surface area contributed by atoms with E-state index in [2.05, 4.69) is 4.90 Å². The summed E-state index contributed by atoms with van der Waals surface area (Å²) >= 11 is 0. The van der Waals surface area contributed by atoms with Gasteiger partial charge in [-0.05, 0) is 36.1 Å². The minimum Gasteiger partial charge on any atom is -0.454 e. The summed E-state index contributed by atoms with van der Waals surface area (Å²) in [6.45, 7) is 2.01. The zero-order valence-electron chi connectivity index (χ0n) is 11.7. The first kappa shape index (κ1) is 12.0. The molecule has 5 nitrogen and oxygen atoms in total. The highest BCUT2D eigenvalue weighted by Crippen LogP contribution is 2.53. The molecule has 1 N–H and O–H groups in total. The lowest BCUT2D eigenvalue weighted by atomic mass is 9.62. The van der Waals surface area contributed by atoms with Gasteiger partial charge in [0, 0.05) is 25.6 Å². The standard InChI is InChI=1S/C16H17NO4/c18-10-4-14-16(15(19)5-10)1-2-17(14)7-9-3-12-13(6-11(9)16)21-8-20-12/h3,6,10,14,18H,1-2,4-5,7-8H2/t10-,14-,16+/m0/s1. The summed E-state index contributed by atoms with van der Waals surface area (Å²) in [7, 11) is 0. The number of benzene rings is 1. The molecule has 21 heavy (non-hydrogen) atoms. The lowest BCUT2D eigenvalue weighted by Gasteiger charge is -2.46. The summed E-state index contributed by atoms with van der Waals surface area (Å²) in [5.74, 6) is 1.72. The van der Waals surface area contributed by atoms with Gasteiger partial charge in [-0.1, -0.05) is 0 Å². The predicted molar refractivity (Wildman–Crippen MR) is 73.3 cm³/mol. The lowest BCUT2D eigenvalue weighted by molar-refractivity contribution is -0.132. The molecule has 0 aromatic heterocycles. The van der Waals surface area contributed by atoms with Crippen LogP contribution >= 0.6 is 0 Å². The zero-order chi connectivity index (χ0) is 14.2. The maximum Gasteiger partial charge on any atom is 0.231 e. The van der Waals surface area contributed by atoms with E-state index in [0.29, 0.717) is 6.42 Å². The Hall–Kier alpha value is -1.59. The third kappa shape index (κ3) is 1.36. The number of carbonyl (C=O) groups excluding carboxylic acids is 1. The number of hydrogen-bond acceptors (Lipinski definition) is 5. The van der Waals surface area contributed by atoms with Crippen LogP contribution in [0.4, 0.5) is 0 Å². The fourth-order valence-corrected chi connectivity index (χ4v) is 4.77. The third-order valence-electron chi connectivity index (χ3n) is 5.67. The zero-order valence-corrected chi connectivity index (χ0v) is 11.7. The SMILES string of the molecule is O=C1C[C@@H](O)C[C@@H]2N3CC[C@]12c1cc2c(cc1C3)OCO2. The van der Waals surface area contributed by atoms with E-state index in [9.17, 15) is 9.90 Å². The molecule has 0 spiro atoms. The second kappa shape index (κ2) is 3.78. The van der Waals surface area contributed by atoms with Crippen molar-refractivity contribution in [1.29, 1.82) is 0 Å². The number of ether oxygens (including phenoxy) is 2. The molecule has 1 saturated carbocycles. The monoisotopic (exact) mass is 287 g/mol. The van der Waals surface area contributed by atoms with E-state index >= 15 is 0 Å². The van der Waals surface area contributed by atoms with Gasteiger partial charge in [0.1, 0.15) is 5.78 Å². The molecule has 110 valence electrons. The van der Waals surface area contributed by atoms with Gasteiger partial charge in [-0.3, -0.25) is 9.69 Å². The fourth-order valence-electron chi connectivity index (χ4n) is 4.77. The molecule has 4 atom stereocenters. The number of carbonyl (C=O) groups is 1. The topological polar surface area (TPSA) is 59.0 Å². The van der Waals surface area contributed by atoms with Crippen LogP contribution < -0.4 is 9.47 Å². The average molecular weight is 287 g/mol. The van der Waals surface area contributed by atoms with Gasteiger partial charge in [0.15, 0.2) is 11.5 Å². The molecule has 2 bridgehead atoms. The lowest BCUT2D eigenvalue weighted by Crippen LogP contribution is -2.56. The number of aliphatic hydroxyl groups is 1. The van der Waals surface area contributed by atoms with Gasteiger partial charge < -0.3 is 14.6 Å². The number of fused-ring (bicyclic) bond motifs is 2. The van der Waals surface area contributed by atoms with E-state index in [1.54, 1.807) is 0 Å². The second-order valence-electron chi connectivity index (χ2n) is 6.59. The summed E-state index contributed by atoms with van der Waals surface area (Å²) < 4.78 is 11.0. The van der Waals surface area contributed by atoms with E-state index in [0.717, 1.165) is 36.6 Å². The Balaban J connectivity index is 1.73. The summed E-state index contributed by atoms with van der Waals surface area (Å²) in [6, 6.07) is 4.19. The summed E-state index contributed by atoms with van der Waals surface area (Å²) in [5.41, 5.74) is 1.86. The van der Waals surface area contributed by atoms with Crippen molar-refractivity contribution >= 4 is 5.78 Å². The van der Waals surface area contributed by atoms with E-state index in [-0.39, 0.29) is 25.0 Å². The Morgan fingerprint density at radius 2 is 2.10 bits per heavy atom. The van der Waals surface area contributed by atoms with Crippen molar-refractivity contribution < 1.29 is 19.4 Å². The van der Waals surface area contributed by atoms with Crippen LogP contribution in [-0.4, -0.2) is 41.3 Å². The van der Waals surface area contributed by atoms with Gasteiger partial charge in [-0.15, -0.1) is 0 Å². The van der Waals surface area contributed by atoms with Gasteiger partial charge in [0.2, 0.25) is 6.79 Å². The van der Waals surface area contributed by atoms with Crippen LogP contribution in [0.5, 0.6) is 11.5 Å². The molecule has 0 radical (unpaired) electrons. The summed E-state index contributed by atoms with van der Waals surface area (Å²) in [5, 5.41) is 9.99. The molecule has 1 aromatic rings. The van der Waals surface area contributed by atoms with Crippen LogP contribution in [0.1, 0.15) is 30.4 Å². The largest absolute Gasteiger partial charge is 0.454 e. The minimum absolute atomic E-state index is 0.140. The summed E-state index contributed by atoms with van der Waals surface area (Å²) in [4.78, 5) is 15.2. The van der Waals surface area contributed by atoms with Crippen LogP contribution in [-0.2, 0) is 16.8 Å². The van der Waals surface area contributed by atoms with Gasteiger partial charge >= 0.3 is 0 Å². The van der Waals surface area contributed by atoms with E-state index in [1.165, 1.54) is 5.56 Å². The predicted octanol–water partition coefficient (Wildman–Crippen LogP) is 0.965. The Kier molecular flexibility index (Phi) is 2.16. The van der Waals surface area contributed by atoms with Gasteiger partial charge in [-0.25, -0.2) is 0 Å². The highest BCUT2D eigenvalue weighted by Gasteiger charge is 2.59. The highest BCUT2D eigenvalue weighted by molar-refractivity contribution is 5.94. The number of nitrogens with zero attached hydrogens (tertiary/aromatic N) is 1. The molecular formula is C16H17NO4. The number of Topliss-reactive ketones (excluding diaryl/α,β-unsaturated/α-hetero) is 1. The van der Waals surface area contributed by atoms with E-state index in [1.807, 2.05) is 12.1 Å². The van der Waals surface area contributed by atoms with Crippen LogP contribution in [0, 0.1) is 0 Å². The summed E-state index contributed by atoms with van der Waals surface area (Å²) in [6.07, 6.45) is 1.33. The molecule has 1 aromatic carbocycles. The quantitative estimate of drug-likeness (QED) is 0.770. The van der Waals surface area contributed by atoms with Crippen LogP contribution in [0.3, 0.4) is 0 Å². The molecule has 1 saturated heterocycles. The van der Waals surface area contributed by atoms with Crippen molar-refractivity contribution in [3.8, 4) is 11.5 Å². The van der Waals surface area contributed by atoms with E-state index in [4.69, 9.17) is 9.47 Å². The third-order valence-corrected chi connectivity index (χ3v) is 5.67. The van der Waals surface area contributed by atoms with Crippen molar-refractivity contribution in [3.05, 3.63) is 23.3 Å². The molecule has 1 aliphatic carbocycles. The van der Waals surface area contributed by atoms with Crippen molar-refractivity contribution in [3.63, 3.8) is 0 Å². The van der Waals surface area contributed by atoms with Crippen molar-refractivity contribution in [2.45, 2.75) is 43.4 Å². The van der Waals surface area contributed by atoms with Crippen LogP contribution in [0.25, 0.3) is 0 Å². The molecule has 2 fully saturated rings. The van der Waals surface area contributed by atoms with Crippen molar-refractivity contribution in [1.82, 2.24) is 4.90 Å². The number of rotatable bonds is 0. The smallest absolute Gasteiger partial charge is 0.231 e. The minimum atomic E-state index is -0.494. The number of ketones is 1. The Labute approximate surface area is 122 Å². The molecule has 3 heterocycles. The molecule has 3 aliphatic heterocycles. The molecule has 4 aliphatic rings. The average Bonchev–Trinajstić information content (AvgIpc) is 3.00. The molecule has 0 amide bonds. The number of hydrogen-bond donors (Lipinski definition) is 1. The first-order valence-electron chi connectivity index (χ1n) is 7.57. The maximum atomic E-state index is 12.8. The first-order chi connectivity index (χ1) is 10.2. The molecule has 1 unspecified atom stereocenters. The Morgan fingerprint density at radius 1 is 1.29 bits per heavy atom. The highest BCUT2D eigenvalue weighted by atomic mass is 16.7. The Bertz CT molecular complexity index is 658. The molecule has 5 heteroatoms. The van der Waals surface area contributed by atoms with Gasteiger partial charge in [0.05, 0.1) is 11.5 Å². The molecular weight excluding hydrogens is 270 g/mol. The maximum absolute atomic E-state index is 12.8. The van der Waals surface area contributed by atoms with Crippen LogP contribution in [0.15, 0.2) is 12.1 Å². The van der Waals surface area contributed by atoms with Crippen molar-refractivity contribution in [2.24, 2.45) is 0 Å².